The molecule has 0 bridgehead atoms. The molecule has 0 aromatic carbocycles. The van der Waals surface area contributed by atoms with E-state index in [0.717, 1.165) is 41.2 Å². The van der Waals surface area contributed by atoms with Gasteiger partial charge in [-0.05, 0) is 59.4 Å². The van der Waals surface area contributed by atoms with Crippen molar-refractivity contribution in [1.82, 2.24) is 25.1 Å². The van der Waals surface area contributed by atoms with Gasteiger partial charge in [-0.15, -0.1) is 12.4 Å². The molecule has 0 radical (unpaired) electrons. The quantitative estimate of drug-likeness (QED) is 0.784. The van der Waals surface area contributed by atoms with Gasteiger partial charge in [0.05, 0.1) is 17.7 Å². The van der Waals surface area contributed by atoms with Crippen molar-refractivity contribution in [3.63, 3.8) is 0 Å². The van der Waals surface area contributed by atoms with Crippen LogP contribution in [0.15, 0.2) is 6.07 Å². The molecule has 0 saturated heterocycles. The SMILES string of the molecule is Cc1cc(C)nc(-n2nc(C)c(CC(=O)NC(C)(CN)C3CC3)c2C)n1.Cl. The lowest BCUT2D eigenvalue weighted by atomic mass is 9.95. The number of nitrogens with one attached hydrogen (secondary N) is 1. The average Bonchev–Trinajstić information content (AvgIpc) is 3.37. The normalized spacial score (nSPS) is 15.8. The van der Waals surface area contributed by atoms with Gasteiger partial charge >= 0.3 is 0 Å². The van der Waals surface area contributed by atoms with Gasteiger partial charge in [0.2, 0.25) is 5.91 Å². The number of amides is 1. The molecule has 3 N–H and O–H groups in total. The fraction of sp³-hybridized carbons (Fsp3) is 0.579. The Balaban J connectivity index is 0.00000261. The van der Waals surface area contributed by atoms with Crippen LogP contribution in [-0.2, 0) is 11.2 Å². The Morgan fingerprint density at radius 3 is 2.37 bits per heavy atom. The predicted molar refractivity (Wildman–Crippen MR) is 107 cm³/mol. The summed E-state index contributed by atoms with van der Waals surface area (Å²) in [5.41, 5.74) is 10.0. The highest BCUT2D eigenvalue weighted by atomic mass is 35.5. The van der Waals surface area contributed by atoms with E-state index in [-0.39, 0.29) is 30.3 Å². The molecule has 1 atom stereocenters. The van der Waals surface area contributed by atoms with Gasteiger partial charge < -0.3 is 11.1 Å². The van der Waals surface area contributed by atoms with Crippen molar-refractivity contribution in [1.29, 1.82) is 0 Å². The van der Waals surface area contributed by atoms with E-state index in [1.807, 2.05) is 40.7 Å². The molecule has 2 aromatic heterocycles. The number of carbonyl (C=O) groups excluding carboxylic acids is 1. The van der Waals surface area contributed by atoms with Crippen LogP contribution in [0.1, 0.15) is 48.1 Å². The average molecular weight is 393 g/mol. The number of carbonyl (C=O) groups is 1. The number of hydrogen-bond donors (Lipinski definition) is 2. The Labute approximate surface area is 166 Å². The van der Waals surface area contributed by atoms with Crippen molar-refractivity contribution in [2.45, 2.75) is 59.4 Å². The molecule has 2 aromatic rings. The van der Waals surface area contributed by atoms with Crippen molar-refractivity contribution in [3.8, 4) is 5.95 Å². The summed E-state index contributed by atoms with van der Waals surface area (Å²) in [5.74, 6) is 1.02. The van der Waals surface area contributed by atoms with Crippen LogP contribution in [-0.4, -0.2) is 37.7 Å². The Hall–Kier alpha value is -1.99. The molecule has 1 aliphatic carbocycles. The summed E-state index contributed by atoms with van der Waals surface area (Å²) in [6.45, 7) is 10.2. The van der Waals surface area contributed by atoms with E-state index >= 15 is 0 Å². The van der Waals surface area contributed by atoms with Gasteiger partial charge in [0, 0.05) is 29.2 Å². The monoisotopic (exact) mass is 392 g/mol. The standard InChI is InChI=1S/C19H28N6O.ClH/c1-11-8-12(2)22-18(21-11)25-14(4)16(13(3)24-25)9-17(26)23-19(5,10-20)15-6-7-15;/h8,15H,6-7,9-10,20H2,1-5H3,(H,23,26);1H. The molecule has 2 heterocycles. The summed E-state index contributed by atoms with van der Waals surface area (Å²) >= 11 is 0. The van der Waals surface area contributed by atoms with Crippen LogP contribution in [0.4, 0.5) is 0 Å². The van der Waals surface area contributed by atoms with Crippen LogP contribution in [0.2, 0.25) is 0 Å². The Morgan fingerprint density at radius 1 is 1.26 bits per heavy atom. The number of nitrogens with two attached hydrogens (primary N) is 1. The molecule has 27 heavy (non-hydrogen) atoms. The van der Waals surface area contributed by atoms with E-state index in [1.165, 1.54) is 0 Å². The molecule has 7 nitrogen and oxygen atoms in total. The van der Waals surface area contributed by atoms with Crippen molar-refractivity contribution < 1.29 is 4.79 Å². The van der Waals surface area contributed by atoms with Crippen LogP contribution in [0.3, 0.4) is 0 Å². The Morgan fingerprint density at radius 2 is 1.85 bits per heavy atom. The maximum absolute atomic E-state index is 12.6. The summed E-state index contributed by atoms with van der Waals surface area (Å²) in [4.78, 5) is 21.6. The number of halogens is 1. The lowest BCUT2D eigenvalue weighted by Gasteiger charge is -2.29. The highest BCUT2D eigenvalue weighted by Crippen LogP contribution is 2.39. The zero-order valence-corrected chi connectivity index (χ0v) is 17.5. The summed E-state index contributed by atoms with van der Waals surface area (Å²) in [6, 6.07) is 1.93. The highest BCUT2D eigenvalue weighted by Gasteiger charge is 2.41. The second-order valence-electron chi connectivity index (χ2n) is 7.63. The fourth-order valence-corrected chi connectivity index (χ4v) is 3.49. The number of nitrogens with zero attached hydrogens (tertiary/aromatic N) is 4. The lowest BCUT2D eigenvalue weighted by Crippen LogP contribution is -2.53. The first-order valence-corrected chi connectivity index (χ1v) is 9.12. The first kappa shape index (κ1) is 21.3. The van der Waals surface area contributed by atoms with Gasteiger partial charge in [-0.25, -0.2) is 14.6 Å². The lowest BCUT2D eigenvalue weighted by molar-refractivity contribution is -0.122. The Bertz CT molecular complexity index is 825. The summed E-state index contributed by atoms with van der Waals surface area (Å²) in [7, 11) is 0. The zero-order valence-electron chi connectivity index (χ0n) is 16.7. The molecular formula is C19H29ClN6O. The number of rotatable bonds is 6. The minimum absolute atomic E-state index is 0. The van der Waals surface area contributed by atoms with Crippen molar-refractivity contribution in [2.24, 2.45) is 11.7 Å². The van der Waals surface area contributed by atoms with Crippen molar-refractivity contribution in [2.75, 3.05) is 6.54 Å². The molecule has 1 saturated carbocycles. The maximum atomic E-state index is 12.6. The second kappa shape index (κ2) is 7.94. The van der Waals surface area contributed by atoms with Crippen LogP contribution in [0.5, 0.6) is 0 Å². The third-order valence-corrected chi connectivity index (χ3v) is 5.27. The molecule has 148 valence electrons. The number of aromatic nitrogens is 4. The second-order valence-corrected chi connectivity index (χ2v) is 7.63. The largest absolute Gasteiger partial charge is 0.349 e. The van der Waals surface area contributed by atoms with E-state index in [1.54, 1.807) is 4.68 Å². The molecule has 1 unspecified atom stereocenters. The molecule has 1 amide bonds. The zero-order chi connectivity index (χ0) is 19.1. The molecule has 3 rings (SSSR count). The smallest absolute Gasteiger partial charge is 0.251 e. The number of hydrogen-bond acceptors (Lipinski definition) is 5. The summed E-state index contributed by atoms with van der Waals surface area (Å²) in [5, 5.41) is 7.71. The Kier molecular flexibility index (Phi) is 6.27. The van der Waals surface area contributed by atoms with E-state index in [4.69, 9.17) is 5.73 Å². The fourth-order valence-electron chi connectivity index (χ4n) is 3.49. The van der Waals surface area contributed by atoms with Gasteiger partial charge in [-0.1, -0.05) is 0 Å². The van der Waals surface area contributed by atoms with E-state index < -0.39 is 0 Å². The van der Waals surface area contributed by atoms with Crippen molar-refractivity contribution in [3.05, 3.63) is 34.4 Å². The third kappa shape index (κ3) is 4.47. The van der Waals surface area contributed by atoms with Crippen LogP contribution < -0.4 is 11.1 Å². The maximum Gasteiger partial charge on any atom is 0.251 e. The summed E-state index contributed by atoms with van der Waals surface area (Å²) in [6.07, 6.45) is 2.55. The molecule has 1 aliphatic rings. The topological polar surface area (TPSA) is 98.7 Å². The summed E-state index contributed by atoms with van der Waals surface area (Å²) < 4.78 is 1.72. The molecule has 0 aliphatic heterocycles. The minimum atomic E-state index is -0.314. The molecule has 8 heteroatoms. The predicted octanol–water partition coefficient (Wildman–Crippen LogP) is 2.10. The van der Waals surface area contributed by atoms with Gasteiger partial charge in [0.15, 0.2) is 0 Å². The van der Waals surface area contributed by atoms with Crippen LogP contribution >= 0.6 is 12.4 Å². The first-order chi connectivity index (χ1) is 12.2. The first-order valence-electron chi connectivity index (χ1n) is 9.12. The van der Waals surface area contributed by atoms with Gasteiger partial charge in [0.1, 0.15) is 0 Å². The molecule has 1 fully saturated rings. The van der Waals surface area contributed by atoms with E-state index in [9.17, 15) is 4.79 Å². The van der Waals surface area contributed by atoms with Gasteiger partial charge in [0.25, 0.3) is 5.95 Å². The van der Waals surface area contributed by atoms with Crippen molar-refractivity contribution >= 4 is 18.3 Å². The number of aryl methyl sites for hydroxylation is 3. The molecular weight excluding hydrogens is 364 g/mol. The minimum Gasteiger partial charge on any atom is -0.349 e. The van der Waals surface area contributed by atoms with Crippen LogP contribution in [0, 0.1) is 33.6 Å². The van der Waals surface area contributed by atoms with Gasteiger partial charge in [-0.3, -0.25) is 4.79 Å². The van der Waals surface area contributed by atoms with E-state index in [0.29, 0.717) is 18.4 Å². The third-order valence-electron chi connectivity index (χ3n) is 5.27. The molecule has 0 spiro atoms. The van der Waals surface area contributed by atoms with Gasteiger partial charge in [-0.2, -0.15) is 5.10 Å². The van der Waals surface area contributed by atoms with Crippen LogP contribution in [0.25, 0.3) is 5.95 Å². The van der Waals surface area contributed by atoms with E-state index in [2.05, 4.69) is 20.4 Å². The highest BCUT2D eigenvalue weighted by molar-refractivity contribution is 5.85.